The van der Waals surface area contributed by atoms with Crippen LogP contribution in [-0.4, -0.2) is 35.8 Å². The van der Waals surface area contributed by atoms with Crippen LogP contribution < -0.4 is 10.1 Å². The molecule has 0 amide bonds. The van der Waals surface area contributed by atoms with Crippen molar-refractivity contribution in [3.8, 4) is 5.88 Å². The van der Waals surface area contributed by atoms with Crippen LogP contribution in [0.2, 0.25) is 0 Å². The van der Waals surface area contributed by atoms with Crippen molar-refractivity contribution in [2.24, 2.45) is 0 Å². The standard InChI is InChI=1S/C15H25N3O2/c1-4-19-14-10-13(16-8-5-9-20-11(2)3)17-15(18-14)12-6-7-12/h10-12H,4-9H2,1-3H3,(H,16,17,18). The van der Waals surface area contributed by atoms with Gasteiger partial charge in [0.1, 0.15) is 11.6 Å². The monoisotopic (exact) mass is 279 g/mol. The number of nitrogens with zero attached hydrogens (tertiary/aromatic N) is 2. The normalized spacial score (nSPS) is 14.6. The van der Waals surface area contributed by atoms with Gasteiger partial charge in [0.15, 0.2) is 0 Å². The maximum Gasteiger partial charge on any atom is 0.218 e. The van der Waals surface area contributed by atoms with E-state index in [1.807, 2.05) is 26.8 Å². The van der Waals surface area contributed by atoms with Crippen LogP contribution in [0.4, 0.5) is 5.82 Å². The minimum Gasteiger partial charge on any atom is -0.478 e. The van der Waals surface area contributed by atoms with Gasteiger partial charge in [-0.1, -0.05) is 0 Å². The summed E-state index contributed by atoms with van der Waals surface area (Å²) < 4.78 is 11.0. The van der Waals surface area contributed by atoms with Gasteiger partial charge in [0.05, 0.1) is 12.7 Å². The van der Waals surface area contributed by atoms with Gasteiger partial charge in [0.25, 0.3) is 0 Å². The van der Waals surface area contributed by atoms with Crippen LogP contribution >= 0.6 is 0 Å². The summed E-state index contributed by atoms with van der Waals surface area (Å²) >= 11 is 0. The van der Waals surface area contributed by atoms with Crippen LogP contribution in [-0.2, 0) is 4.74 Å². The van der Waals surface area contributed by atoms with Gasteiger partial charge in [0, 0.05) is 25.1 Å². The third-order valence-electron chi connectivity index (χ3n) is 3.03. The van der Waals surface area contributed by atoms with E-state index in [1.165, 1.54) is 12.8 Å². The number of hydrogen-bond donors (Lipinski definition) is 1. The summed E-state index contributed by atoms with van der Waals surface area (Å²) in [5.74, 6) is 2.97. The largest absolute Gasteiger partial charge is 0.478 e. The average molecular weight is 279 g/mol. The Labute approximate surface area is 121 Å². The summed E-state index contributed by atoms with van der Waals surface area (Å²) in [5, 5.41) is 3.33. The van der Waals surface area contributed by atoms with Crippen molar-refractivity contribution in [3.05, 3.63) is 11.9 Å². The van der Waals surface area contributed by atoms with Crippen molar-refractivity contribution in [3.63, 3.8) is 0 Å². The number of hydrogen-bond acceptors (Lipinski definition) is 5. The Kier molecular flexibility index (Phi) is 5.59. The minimum absolute atomic E-state index is 0.292. The molecule has 1 heterocycles. The van der Waals surface area contributed by atoms with Crippen molar-refractivity contribution in [1.29, 1.82) is 0 Å². The Balaban J connectivity index is 1.85. The molecule has 0 saturated heterocycles. The maximum absolute atomic E-state index is 5.52. The molecule has 0 atom stereocenters. The first-order valence-corrected chi connectivity index (χ1v) is 7.56. The zero-order valence-corrected chi connectivity index (χ0v) is 12.7. The van der Waals surface area contributed by atoms with Gasteiger partial charge in [-0.2, -0.15) is 4.98 Å². The average Bonchev–Trinajstić information content (AvgIpc) is 3.22. The molecule has 1 aromatic heterocycles. The Bertz CT molecular complexity index is 420. The molecule has 1 aliphatic rings. The lowest BCUT2D eigenvalue weighted by atomic mass is 10.3. The smallest absolute Gasteiger partial charge is 0.218 e. The molecule has 1 saturated carbocycles. The predicted octanol–water partition coefficient (Wildman–Crippen LogP) is 2.98. The van der Waals surface area contributed by atoms with E-state index in [4.69, 9.17) is 9.47 Å². The summed E-state index contributed by atoms with van der Waals surface area (Å²) in [4.78, 5) is 9.02. The molecule has 112 valence electrons. The molecular weight excluding hydrogens is 254 g/mol. The topological polar surface area (TPSA) is 56.3 Å². The second-order valence-corrected chi connectivity index (χ2v) is 5.36. The highest BCUT2D eigenvalue weighted by molar-refractivity contribution is 5.39. The molecule has 1 fully saturated rings. The van der Waals surface area contributed by atoms with E-state index in [0.29, 0.717) is 24.5 Å². The number of aromatic nitrogens is 2. The van der Waals surface area contributed by atoms with Gasteiger partial charge in [-0.15, -0.1) is 0 Å². The van der Waals surface area contributed by atoms with Crippen molar-refractivity contribution in [2.75, 3.05) is 25.1 Å². The molecule has 5 nitrogen and oxygen atoms in total. The van der Waals surface area contributed by atoms with E-state index < -0.39 is 0 Å². The second-order valence-electron chi connectivity index (χ2n) is 5.36. The molecule has 0 aliphatic heterocycles. The summed E-state index contributed by atoms with van der Waals surface area (Å²) in [7, 11) is 0. The zero-order chi connectivity index (χ0) is 14.4. The van der Waals surface area contributed by atoms with E-state index in [0.717, 1.165) is 31.2 Å². The first-order valence-electron chi connectivity index (χ1n) is 7.56. The highest BCUT2D eigenvalue weighted by Crippen LogP contribution is 2.39. The Hall–Kier alpha value is -1.36. The number of nitrogens with one attached hydrogen (secondary N) is 1. The fourth-order valence-electron chi connectivity index (χ4n) is 1.89. The SMILES string of the molecule is CCOc1cc(NCCCOC(C)C)nc(C2CC2)n1. The molecule has 5 heteroatoms. The van der Waals surface area contributed by atoms with Crippen molar-refractivity contribution in [2.45, 2.75) is 52.1 Å². The third-order valence-corrected chi connectivity index (χ3v) is 3.03. The van der Waals surface area contributed by atoms with Crippen molar-refractivity contribution >= 4 is 5.82 Å². The highest BCUT2D eigenvalue weighted by Gasteiger charge is 2.27. The lowest BCUT2D eigenvalue weighted by Gasteiger charge is -2.11. The fourth-order valence-corrected chi connectivity index (χ4v) is 1.89. The number of anilines is 1. The Morgan fingerprint density at radius 2 is 2.15 bits per heavy atom. The van der Waals surface area contributed by atoms with Gasteiger partial charge in [0.2, 0.25) is 5.88 Å². The quantitative estimate of drug-likeness (QED) is 0.704. The Morgan fingerprint density at radius 1 is 1.35 bits per heavy atom. The van der Waals surface area contributed by atoms with E-state index >= 15 is 0 Å². The summed E-state index contributed by atoms with van der Waals surface area (Å²) in [5.41, 5.74) is 0. The van der Waals surface area contributed by atoms with Gasteiger partial charge in [-0.05, 0) is 40.0 Å². The molecule has 0 radical (unpaired) electrons. The summed E-state index contributed by atoms with van der Waals surface area (Å²) in [6.45, 7) is 8.31. The second kappa shape index (κ2) is 7.43. The first-order chi connectivity index (χ1) is 9.69. The maximum atomic E-state index is 5.52. The van der Waals surface area contributed by atoms with Crippen LogP contribution in [0.1, 0.15) is 51.8 Å². The molecule has 20 heavy (non-hydrogen) atoms. The zero-order valence-electron chi connectivity index (χ0n) is 12.7. The van der Waals surface area contributed by atoms with Gasteiger partial charge in [-0.25, -0.2) is 4.98 Å². The molecule has 1 aromatic rings. The Morgan fingerprint density at radius 3 is 2.80 bits per heavy atom. The summed E-state index contributed by atoms with van der Waals surface area (Å²) in [6.07, 6.45) is 3.64. The molecule has 0 spiro atoms. The van der Waals surface area contributed by atoms with E-state index in [9.17, 15) is 0 Å². The molecule has 0 bridgehead atoms. The highest BCUT2D eigenvalue weighted by atomic mass is 16.5. The minimum atomic E-state index is 0.292. The van der Waals surface area contributed by atoms with Gasteiger partial charge < -0.3 is 14.8 Å². The van der Waals surface area contributed by atoms with Gasteiger partial charge >= 0.3 is 0 Å². The number of ether oxygens (including phenoxy) is 2. The van der Waals surface area contributed by atoms with Crippen LogP contribution in [0.25, 0.3) is 0 Å². The molecule has 1 aliphatic carbocycles. The van der Waals surface area contributed by atoms with Crippen molar-refractivity contribution in [1.82, 2.24) is 9.97 Å². The molecule has 2 rings (SSSR count). The third kappa shape index (κ3) is 4.96. The lowest BCUT2D eigenvalue weighted by molar-refractivity contribution is 0.0787. The summed E-state index contributed by atoms with van der Waals surface area (Å²) in [6, 6.07) is 1.87. The van der Waals surface area contributed by atoms with Gasteiger partial charge in [-0.3, -0.25) is 0 Å². The van der Waals surface area contributed by atoms with Crippen molar-refractivity contribution < 1.29 is 9.47 Å². The molecule has 0 unspecified atom stereocenters. The van der Waals surface area contributed by atoms with Crippen LogP contribution in [0.3, 0.4) is 0 Å². The molecular formula is C15H25N3O2. The first kappa shape index (κ1) is 15.0. The fraction of sp³-hybridized carbons (Fsp3) is 0.733. The van der Waals surface area contributed by atoms with Crippen LogP contribution in [0.5, 0.6) is 5.88 Å². The lowest BCUT2D eigenvalue weighted by Crippen LogP contribution is -2.11. The molecule has 0 aromatic carbocycles. The predicted molar refractivity (Wildman–Crippen MR) is 79.4 cm³/mol. The van der Waals surface area contributed by atoms with Crippen LogP contribution in [0.15, 0.2) is 6.07 Å². The molecule has 1 N–H and O–H groups in total. The number of rotatable bonds is 9. The van der Waals surface area contributed by atoms with E-state index in [2.05, 4.69) is 15.3 Å². The van der Waals surface area contributed by atoms with E-state index in [-0.39, 0.29) is 0 Å². The van der Waals surface area contributed by atoms with E-state index in [1.54, 1.807) is 0 Å². The van der Waals surface area contributed by atoms with Crippen LogP contribution in [0, 0.1) is 0 Å².